The smallest absolute Gasteiger partial charge is 0.313 e. The highest BCUT2D eigenvalue weighted by molar-refractivity contribution is 7.81. The minimum Gasteiger partial charge on any atom is -0.481 e. The van der Waals surface area contributed by atoms with Crippen molar-refractivity contribution in [3.05, 3.63) is 38.8 Å². The van der Waals surface area contributed by atoms with Gasteiger partial charge in [-0.25, -0.2) is 0 Å². The summed E-state index contributed by atoms with van der Waals surface area (Å²) in [4.78, 5) is 18.6. The lowest BCUT2D eigenvalue weighted by atomic mass is 10.8. The number of hydrogen-bond acceptors (Lipinski definition) is 7. The van der Waals surface area contributed by atoms with Gasteiger partial charge in [0, 0.05) is 0 Å². The van der Waals surface area contributed by atoms with E-state index in [9.17, 15) is 9.59 Å². The summed E-state index contributed by atoms with van der Waals surface area (Å²) in [5.74, 6) is -1.93. The zero-order valence-corrected chi connectivity index (χ0v) is 13.5. The molecular formula is C12H24O7S2. The Kier molecular flexibility index (Phi) is 64.8. The molecule has 0 spiro atoms. The van der Waals surface area contributed by atoms with Gasteiger partial charge in [0.05, 0.1) is 37.2 Å². The van der Waals surface area contributed by atoms with Gasteiger partial charge in [0.2, 0.25) is 0 Å². The van der Waals surface area contributed by atoms with Crippen LogP contribution in [0, 0.1) is 0 Å². The first-order chi connectivity index (χ1) is 9.87. The van der Waals surface area contributed by atoms with Crippen molar-refractivity contribution >= 4 is 37.2 Å². The van der Waals surface area contributed by atoms with Crippen LogP contribution >= 0.6 is 25.3 Å². The standard InChI is InChI=1S/C4H6O.2C2H4O2S.C2H6O2.C2H4/c1-3-5-4-2;2*3-2(4)1-5;3-1-2-4;1-2/h3-4H,1-2H2;2*5H,1H2,(H,3,4);3-4H,1-2H2;1-2H2. The molecule has 0 rings (SSSR count). The topological polar surface area (TPSA) is 124 Å². The molecule has 7 nitrogen and oxygen atoms in total. The van der Waals surface area contributed by atoms with Crippen molar-refractivity contribution in [1.29, 1.82) is 0 Å². The molecule has 4 N–H and O–H groups in total. The number of carbonyl (C=O) groups is 2. The normalized spacial score (nSPS) is 6.48. The highest BCUT2D eigenvalue weighted by Gasteiger charge is 1.82. The molecule has 0 aromatic carbocycles. The van der Waals surface area contributed by atoms with E-state index in [0.29, 0.717) is 0 Å². The van der Waals surface area contributed by atoms with Crippen molar-refractivity contribution in [2.45, 2.75) is 0 Å². The summed E-state index contributed by atoms with van der Waals surface area (Å²) in [7, 11) is 0. The Morgan fingerprint density at radius 2 is 1.10 bits per heavy atom. The second-order valence-electron chi connectivity index (χ2n) is 2.02. The quantitative estimate of drug-likeness (QED) is 0.250. The summed E-state index contributed by atoms with van der Waals surface area (Å²) in [5.41, 5.74) is 0. The van der Waals surface area contributed by atoms with E-state index in [1.54, 1.807) is 0 Å². The second-order valence-corrected chi connectivity index (χ2v) is 2.65. The lowest BCUT2D eigenvalue weighted by Gasteiger charge is -1.76. The van der Waals surface area contributed by atoms with Crippen molar-refractivity contribution in [3.8, 4) is 0 Å². The third-order valence-electron chi connectivity index (χ3n) is 0.563. The average Bonchev–Trinajstić information content (AvgIpc) is 2.51. The summed E-state index contributed by atoms with van der Waals surface area (Å²) in [6.45, 7) is 12.3. The highest BCUT2D eigenvalue weighted by atomic mass is 32.1. The Bertz CT molecular complexity index is 214. The van der Waals surface area contributed by atoms with Crippen LogP contribution in [0.3, 0.4) is 0 Å². The van der Waals surface area contributed by atoms with Crippen LogP contribution in [0.15, 0.2) is 38.8 Å². The molecule has 0 heterocycles. The predicted molar refractivity (Wildman–Crippen MR) is 89.9 cm³/mol. The summed E-state index contributed by atoms with van der Waals surface area (Å²) in [6, 6.07) is 0. The van der Waals surface area contributed by atoms with Gasteiger partial charge >= 0.3 is 11.9 Å². The number of rotatable bonds is 5. The monoisotopic (exact) mass is 344 g/mol. The van der Waals surface area contributed by atoms with Crippen LogP contribution in [0.25, 0.3) is 0 Å². The van der Waals surface area contributed by atoms with Gasteiger partial charge in [0.25, 0.3) is 0 Å². The molecule has 0 saturated heterocycles. The van der Waals surface area contributed by atoms with E-state index < -0.39 is 11.9 Å². The highest BCUT2D eigenvalue weighted by Crippen LogP contribution is 1.67. The third-order valence-corrected chi connectivity index (χ3v) is 1.10. The van der Waals surface area contributed by atoms with Gasteiger partial charge in [-0.15, -0.1) is 13.2 Å². The molecule has 0 saturated carbocycles. The van der Waals surface area contributed by atoms with Crippen molar-refractivity contribution < 1.29 is 34.8 Å². The number of thiol groups is 2. The molecule has 0 aliphatic carbocycles. The number of carboxylic acids is 2. The summed E-state index contributed by atoms with van der Waals surface area (Å²) in [6.07, 6.45) is 2.62. The maximum atomic E-state index is 9.29. The fourth-order valence-electron chi connectivity index (χ4n) is 0.0680. The molecule has 0 radical (unpaired) electrons. The second kappa shape index (κ2) is 42.8. The van der Waals surface area contributed by atoms with E-state index in [0.717, 1.165) is 0 Å². The van der Waals surface area contributed by atoms with Crippen LogP contribution in [-0.4, -0.2) is 57.1 Å². The number of ether oxygens (including phenoxy) is 1. The Morgan fingerprint density at radius 3 is 1.10 bits per heavy atom. The van der Waals surface area contributed by atoms with Crippen molar-refractivity contribution in [2.24, 2.45) is 0 Å². The molecular weight excluding hydrogens is 320 g/mol. The van der Waals surface area contributed by atoms with Gasteiger partial charge < -0.3 is 25.2 Å². The lowest BCUT2D eigenvalue weighted by molar-refractivity contribution is -0.134. The fourth-order valence-corrected chi connectivity index (χ4v) is 0.0680. The Hall–Kier alpha value is -1.42. The van der Waals surface area contributed by atoms with Gasteiger partial charge in [-0.05, 0) is 0 Å². The minimum absolute atomic E-state index is 0.0833. The van der Waals surface area contributed by atoms with Crippen LogP contribution in [0.4, 0.5) is 0 Å². The van der Waals surface area contributed by atoms with E-state index in [4.69, 9.17) is 20.4 Å². The molecule has 0 bridgehead atoms. The molecule has 0 unspecified atom stereocenters. The summed E-state index contributed by atoms with van der Waals surface area (Å²) >= 11 is 6.83. The summed E-state index contributed by atoms with van der Waals surface area (Å²) < 4.78 is 4.36. The molecule has 0 amide bonds. The molecule has 126 valence electrons. The van der Waals surface area contributed by atoms with E-state index in [2.05, 4.69) is 56.3 Å². The van der Waals surface area contributed by atoms with Crippen LogP contribution < -0.4 is 0 Å². The SMILES string of the molecule is C=C.C=COC=C.O=C(O)CS.O=C(O)CS.OCCO. The van der Waals surface area contributed by atoms with Gasteiger partial charge in [-0.3, -0.25) is 9.59 Å². The number of aliphatic hydroxyl groups excluding tert-OH is 2. The maximum Gasteiger partial charge on any atom is 0.313 e. The third kappa shape index (κ3) is 164. The largest absolute Gasteiger partial charge is 0.481 e. The molecule has 0 atom stereocenters. The Morgan fingerprint density at radius 1 is 0.905 bits per heavy atom. The van der Waals surface area contributed by atoms with Crippen molar-refractivity contribution in [2.75, 3.05) is 24.7 Å². The van der Waals surface area contributed by atoms with Crippen LogP contribution in [0.5, 0.6) is 0 Å². The molecule has 0 aromatic heterocycles. The molecule has 21 heavy (non-hydrogen) atoms. The molecule has 0 aromatic rings. The average molecular weight is 344 g/mol. The Balaban J connectivity index is -0.0000000522. The number of aliphatic carboxylic acids is 2. The van der Waals surface area contributed by atoms with Gasteiger partial charge in [0.1, 0.15) is 0 Å². The molecule has 0 fully saturated rings. The Labute approximate surface area is 136 Å². The van der Waals surface area contributed by atoms with Gasteiger partial charge in [0.15, 0.2) is 0 Å². The van der Waals surface area contributed by atoms with E-state index >= 15 is 0 Å². The fraction of sp³-hybridized carbons (Fsp3) is 0.333. The first kappa shape index (κ1) is 31.8. The molecule has 9 heteroatoms. The first-order valence-electron chi connectivity index (χ1n) is 5.12. The van der Waals surface area contributed by atoms with Crippen LogP contribution in [0.2, 0.25) is 0 Å². The molecule has 0 aliphatic heterocycles. The van der Waals surface area contributed by atoms with Crippen LogP contribution in [-0.2, 0) is 14.3 Å². The predicted octanol–water partition coefficient (Wildman–Crippen LogP) is 1.06. The zero-order chi connectivity index (χ0) is 18.1. The number of aliphatic hydroxyl groups is 2. The zero-order valence-electron chi connectivity index (χ0n) is 11.7. The number of carboxylic acid groups (broad SMARTS) is 2. The maximum absolute atomic E-state index is 9.29. The lowest BCUT2D eigenvalue weighted by Crippen LogP contribution is -1.92. The van der Waals surface area contributed by atoms with Crippen molar-refractivity contribution in [3.63, 3.8) is 0 Å². The van der Waals surface area contributed by atoms with Crippen LogP contribution in [0.1, 0.15) is 0 Å². The van der Waals surface area contributed by atoms with E-state index in [1.165, 1.54) is 12.5 Å². The van der Waals surface area contributed by atoms with E-state index in [1.807, 2.05) is 0 Å². The van der Waals surface area contributed by atoms with E-state index in [-0.39, 0.29) is 24.7 Å². The van der Waals surface area contributed by atoms with Gasteiger partial charge in [-0.2, -0.15) is 25.3 Å². The number of hydrogen-bond donors (Lipinski definition) is 6. The minimum atomic E-state index is -0.881. The van der Waals surface area contributed by atoms with Crippen molar-refractivity contribution in [1.82, 2.24) is 0 Å². The molecule has 0 aliphatic rings. The first-order valence-corrected chi connectivity index (χ1v) is 6.38. The van der Waals surface area contributed by atoms with Gasteiger partial charge in [-0.1, -0.05) is 13.2 Å². The summed E-state index contributed by atoms with van der Waals surface area (Å²) in [5, 5.41) is 30.5.